The van der Waals surface area contributed by atoms with Gasteiger partial charge >= 0.3 is 17.9 Å². The van der Waals surface area contributed by atoms with Crippen molar-refractivity contribution >= 4 is 17.9 Å². The van der Waals surface area contributed by atoms with Crippen molar-refractivity contribution < 1.29 is 42.9 Å². The summed E-state index contributed by atoms with van der Waals surface area (Å²) in [5.41, 5.74) is 0. The molecule has 0 heterocycles. The number of likely N-dealkylation sites (N-methyl/N-ethyl adjacent to an activating group) is 1. The maximum atomic E-state index is 12.9. The van der Waals surface area contributed by atoms with E-state index in [2.05, 4.69) is 62.5 Å². The van der Waals surface area contributed by atoms with E-state index in [0.29, 0.717) is 17.4 Å². The smallest absolute Gasteiger partial charge is 0.361 e. The average molecular weight is 1170 g/mol. The molecule has 0 aromatic rings. The van der Waals surface area contributed by atoms with Crippen LogP contribution < -0.4 is 0 Å². The summed E-state index contributed by atoms with van der Waals surface area (Å²) in [5, 5.41) is 9.74. The van der Waals surface area contributed by atoms with E-state index in [-0.39, 0.29) is 38.2 Å². The fraction of sp³-hybridized carbons (Fsp3) is 0.851. The van der Waals surface area contributed by atoms with E-state index in [1.807, 2.05) is 21.1 Å². The standard InChI is InChI=1S/C74H137NO8/c1-6-8-10-12-14-16-18-20-22-24-26-28-29-30-31-32-33-34-35-36-37-38-39-40-41-42-43-45-47-49-51-53-55-57-59-61-63-65-72(77)83-70(69-82-74(73(78)79)80-67-66-75(3,4)5)68-81-71(76)64-62-60-58-56-54-52-50-48-46-44-27-25-23-21-19-17-15-13-11-9-7-2/h18-21,24-27,70,74H,6-17,22-23,28-69H2,1-5H3/p+1/b20-18-,21-19-,26-24-,27-25-. The lowest BCUT2D eigenvalue weighted by Gasteiger charge is -2.25. The van der Waals surface area contributed by atoms with Crippen LogP contribution in [-0.2, 0) is 33.3 Å². The summed E-state index contributed by atoms with van der Waals surface area (Å²) in [4.78, 5) is 37.6. The second-order valence-electron chi connectivity index (χ2n) is 25.5. The van der Waals surface area contributed by atoms with Crippen molar-refractivity contribution in [2.24, 2.45) is 0 Å². The molecule has 0 fully saturated rings. The SMILES string of the molecule is CCCCCCC/C=C\C/C=C\CCCCCCCCCCCCCCCCCCCCCCCCCCCC(=O)OC(COC(=O)CCCCCCCCCCC/C=C\C/C=C\CCCCCCC)COC(OCC[N+](C)(C)C)C(=O)O. The average Bonchev–Trinajstić information content (AvgIpc) is 3.46. The van der Waals surface area contributed by atoms with Crippen LogP contribution in [0.4, 0.5) is 0 Å². The van der Waals surface area contributed by atoms with Gasteiger partial charge in [-0.3, -0.25) is 9.59 Å². The summed E-state index contributed by atoms with van der Waals surface area (Å²) in [6, 6.07) is 0. The normalized spacial score (nSPS) is 12.9. The number of esters is 2. The van der Waals surface area contributed by atoms with Gasteiger partial charge in [-0.05, 0) is 77.0 Å². The van der Waals surface area contributed by atoms with Crippen molar-refractivity contribution in [3.63, 3.8) is 0 Å². The molecule has 0 amide bonds. The molecular formula is C74H138NO8+. The highest BCUT2D eigenvalue weighted by molar-refractivity contribution is 5.71. The molecule has 9 nitrogen and oxygen atoms in total. The van der Waals surface area contributed by atoms with E-state index in [4.69, 9.17) is 18.9 Å². The molecule has 0 aliphatic carbocycles. The largest absolute Gasteiger partial charge is 0.477 e. The number of unbranched alkanes of at least 4 members (excludes halogenated alkanes) is 44. The molecule has 486 valence electrons. The maximum absolute atomic E-state index is 12.9. The second-order valence-corrected chi connectivity index (χ2v) is 25.5. The highest BCUT2D eigenvalue weighted by Gasteiger charge is 2.25. The van der Waals surface area contributed by atoms with Crippen molar-refractivity contribution in [1.82, 2.24) is 0 Å². The number of nitrogens with zero attached hydrogens (tertiary/aromatic N) is 1. The summed E-state index contributed by atoms with van der Waals surface area (Å²) in [6.45, 7) is 4.90. The Morgan fingerprint density at radius 1 is 0.361 bits per heavy atom. The minimum atomic E-state index is -1.51. The van der Waals surface area contributed by atoms with Crippen molar-refractivity contribution in [3.8, 4) is 0 Å². The Morgan fingerprint density at radius 3 is 0.952 bits per heavy atom. The molecule has 2 atom stereocenters. The first kappa shape index (κ1) is 80.2. The van der Waals surface area contributed by atoms with Crippen LogP contribution in [0.25, 0.3) is 0 Å². The van der Waals surface area contributed by atoms with Gasteiger partial charge in [-0.1, -0.05) is 306 Å². The molecule has 0 rings (SSSR count). The minimum Gasteiger partial charge on any atom is -0.477 e. The van der Waals surface area contributed by atoms with Gasteiger partial charge in [0.25, 0.3) is 6.29 Å². The molecule has 1 N–H and O–H groups in total. The van der Waals surface area contributed by atoms with Crippen LogP contribution >= 0.6 is 0 Å². The van der Waals surface area contributed by atoms with Crippen molar-refractivity contribution in [1.29, 1.82) is 0 Å². The summed E-state index contributed by atoms with van der Waals surface area (Å²) in [7, 11) is 5.98. The number of aliphatic carboxylic acids is 1. The van der Waals surface area contributed by atoms with E-state index in [1.54, 1.807) is 0 Å². The van der Waals surface area contributed by atoms with Gasteiger partial charge in [-0.15, -0.1) is 0 Å². The fourth-order valence-corrected chi connectivity index (χ4v) is 10.5. The molecule has 83 heavy (non-hydrogen) atoms. The number of carboxylic acids is 1. The lowest BCUT2D eigenvalue weighted by molar-refractivity contribution is -0.870. The third-order valence-electron chi connectivity index (χ3n) is 16.1. The van der Waals surface area contributed by atoms with E-state index in [9.17, 15) is 19.5 Å². The van der Waals surface area contributed by atoms with E-state index >= 15 is 0 Å². The molecule has 0 aromatic heterocycles. The molecule has 9 heteroatoms. The van der Waals surface area contributed by atoms with Crippen LogP contribution in [0.15, 0.2) is 48.6 Å². The molecule has 0 aromatic carbocycles. The third kappa shape index (κ3) is 66.6. The number of ether oxygens (including phenoxy) is 4. The van der Waals surface area contributed by atoms with Crippen LogP contribution in [0.5, 0.6) is 0 Å². The summed E-state index contributed by atoms with van der Waals surface area (Å²) < 4.78 is 23.0. The van der Waals surface area contributed by atoms with Gasteiger partial charge < -0.3 is 28.5 Å². The Bertz CT molecular complexity index is 1500. The molecule has 0 saturated carbocycles. The molecule has 0 spiro atoms. The number of allylic oxidation sites excluding steroid dienone is 8. The first-order valence-corrected chi connectivity index (χ1v) is 35.8. The molecule has 0 saturated heterocycles. The Hall–Kier alpha value is -2.75. The molecule has 0 aliphatic heterocycles. The zero-order chi connectivity index (χ0) is 60.5. The fourth-order valence-electron chi connectivity index (χ4n) is 10.5. The van der Waals surface area contributed by atoms with E-state index in [1.165, 1.54) is 270 Å². The third-order valence-corrected chi connectivity index (χ3v) is 16.1. The minimum absolute atomic E-state index is 0.181. The van der Waals surface area contributed by atoms with Crippen molar-refractivity contribution in [3.05, 3.63) is 48.6 Å². The zero-order valence-corrected chi connectivity index (χ0v) is 55.6. The monoisotopic (exact) mass is 1170 g/mol. The van der Waals surface area contributed by atoms with Gasteiger partial charge in [0.05, 0.1) is 34.4 Å². The van der Waals surface area contributed by atoms with Gasteiger partial charge in [-0.25, -0.2) is 4.79 Å². The Kier molecular flexibility index (Phi) is 63.1. The second kappa shape index (κ2) is 65.2. The summed E-state index contributed by atoms with van der Waals surface area (Å²) in [5.74, 6) is -1.99. The number of carbonyl (C=O) groups is 3. The van der Waals surface area contributed by atoms with Crippen molar-refractivity contribution in [2.75, 3.05) is 47.5 Å². The quantitative estimate of drug-likeness (QED) is 0.0211. The maximum Gasteiger partial charge on any atom is 0.361 e. The number of carbonyl (C=O) groups excluding carboxylic acids is 2. The zero-order valence-electron chi connectivity index (χ0n) is 55.6. The first-order chi connectivity index (χ1) is 40.6. The number of quaternary nitrogens is 1. The number of rotatable bonds is 67. The Morgan fingerprint density at radius 2 is 0.651 bits per heavy atom. The molecule has 0 aliphatic rings. The number of hydrogen-bond donors (Lipinski definition) is 1. The van der Waals surface area contributed by atoms with Gasteiger partial charge in [-0.2, -0.15) is 0 Å². The Labute approximate surface area is 514 Å². The summed E-state index contributed by atoms with van der Waals surface area (Å²) in [6.07, 6.45) is 81.0. The number of hydrogen-bond acceptors (Lipinski definition) is 7. The van der Waals surface area contributed by atoms with Gasteiger partial charge in [0, 0.05) is 12.8 Å². The van der Waals surface area contributed by atoms with Gasteiger partial charge in [0.1, 0.15) is 13.2 Å². The van der Waals surface area contributed by atoms with Crippen LogP contribution in [0.3, 0.4) is 0 Å². The lowest BCUT2D eigenvalue weighted by atomic mass is 10.0. The number of carboxylic acid groups (broad SMARTS) is 1. The lowest BCUT2D eigenvalue weighted by Crippen LogP contribution is -2.40. The van der Waals surface area contributed by atoms with Gasteiger partial charge in [0.2, 0.25) is 0 Å². The predicted molar refractivity (Wildman–Crippen MR) is 355 cm³/mol. The highest BCUT2D eigenvalue weighted by Crippen LogP contribution is 2.18. The van der Waals surface area contributed by atoms with Crippen LogP contribution in [0.2, 0.25) is 0 Å². The molecular weight excluding hydrogens is 1030 g/mol. The predicted octanol–water partition coefficient (Wildman–Crippen LogP) is 22.1. The van der Waals surface area contributed by atoms with E-state index in [0.717, 1.165) is 51.4 Å². The van der Waals surface area contributed by atoms with Crippen LogP contribution in [0.1, 0.15) is 348 Å². The Balaban J connectivity index is 4.01. The van der Waals surface area contributed by atoms with E-state index < -0.39 is 18.4 Å². The highest BCUT2D eigenvalue weighted by atomic mass is 16.7. The molecule has 0 radical (unpaired) electrons. The van der Waals surface area contributed by atoms with Crippen LogP contribution in [0, 0.1) is 0 Å². The topological polar surface area (TPSA) is 108 Å². The first-order valence-electron chi connectivity index (χ1n) is 35.8. The van der Waals surface area contributed by atoms with Crippen molar-refractivity contribution in [2.45, 2.75) is 360 Å². The van der Waals surface area contributed by atoms with Crippen LogP contribution in [-0.4, -0.2) is 87.4 Å². The van der Waals surface area contributed by atoms with Gasteiger partial charge in [0.15, 0.2) is 6.10 Å². The molecule has 0 bridgehead atoms. The molecule has 2 unspecified atom stereocenters. The summed E-state index contributed by atoms with van der Waals surface area (Å²) >= 11 is 0.